The first-order chi connectivity index (χ1) is 14.7. The minimum Gasteiger partial charge on any atom is -0.493 e. The molecule has 0 fully saturated rings. The largest absolute Gasteiger partial charge is 0.493 e. The second kappa shape index (κ2) is 8.97. The van der Waals surface area contributed by atoms with Gasteiger partial charge >= 0.3 is 5.97 Å². The van der Waals surface area contributed by atoms with E-state index in [9.17, 15) is 4.79 Å². The highest BCUT2D eigenvalue weighted by Gasteiger charge is 2.17. The van der Waals surface area contributed by atoms with Crippen molar-refractivity contribution in [3.8, 4) is 32.9 Å². The van der Waals surface area contributed by atoms with Crippen molar-refractivity contribution in [2.24, 2.45) is 0 Å². The maximum absolute atomic E-state index is 12.3. The third-order valence-corrected chi connectivity index (χ3v) is 5.77. The lowest BCUT2D eigenvalue weighted by molar-refractivity contribution is 0.0462. The first-order valence-electron chi connectivity index (χ1n) is 8.75. The van der Waals surface area contributed by atoms with Gasteiger partial charge in [0, 0.05) is 23.2 Å². The predicted octanol–water partition coefficient (Wildman–Crippen LogP) is 4.10. The SMILES string of the molecule is COc1cccc(-c2nc(COC(=O)c3csc(-c4ncccn4)n3)cs2)c1OC. The van der Waals surface area contributed by atoms with Crippen LogP contribution in [0.3, 0.4) is 0 Å². The minimum absolute atomic E-state index is 0.0380. The van der Waals surface area contributed by atoms with Crippen molar-refractivity contribution in [3.05, 3.63) is 58.8 Å². The monoisotopic (exact) mass is 440 g/mol. The summed E-state index contributed by atoms with van der Waals surface area (Å²) in [6, 6.07) is 7.31. The van der Waals surface area contributed by atoms with Crippen molar-refractivity contribution in [2.45, 2.75) is 6.61 Å². The first kappa shape index (κ1) is 19.9. The molecule has 1 aromatic carbocycles. The van der Waals surface area contributed by atoms with Crippen LogP contribution in [0.4, 0.5) is 0 Å². The van der Waals surface area contributed by atoms with Crippen LogP contribution < -0.4 is 9.47 Å². The van der Waals surface area contributed by atoms with Crippen LogP contribution in [-0.4, -0.2) is 40.1 Å². The fraction of sp³-hybridized carbons (Fsp3) is 0.150. The first-order valence-corrected chi connectivity index (χ1v) is 10.5. The van der Waals surface area contributed by atoms with Crippen LogP contribution in [0.5, 0.6) is 11.5 Å². The quantitative estimate of drug-likeness (QED) is 0.396. The number of para-hydroxylation sites is 1. The number of thiazole rings is 2. The van der Waals surface area contributed by atoms with Crippen LogP contribution in [0.1, 0.15) is 16.2 Å². The van der Waals surface area contributed by atoms with Crippen molar-refractivity contribution in [1.29, 1.82) is 0 Å². The zero-order chi connectivity index (χ0) is 20.9. The van der Waals surface area contributed by atoms with Crippen molar-refractivity contribution in [3.63, 3.8) is 0 Å². The summed E-state index contributed by atoms with van der Waals surface area (Å²) in [6.45, 7) is 0.0380. The zero-order valence-corrected chi connectivity index (χ0v) is 17.7. The number of esters is 1. The lowest BCUT2D eigenvalue weighted by Crippen LogP contribution is -2.06. The van der Waals surface area contributed by atoms with Crippen molar-refractivity contribution in [2.75, 3.05) is 14.2 Å². The highest BCUT2D eigenvalue weighted by molar-refractivity contribution is 7.13. The molecule has 10 heteroatoms. The van der Waals surface area contributed by atoms with E-state index in [1.165, 1.54) is 22.7 Å². The van der Waals surface area contributed by atoms with Crippen LogP contribution >= 0.6 is 22.7 Å². The summed E-state index contributed by atoms with van der Waals surface area (Å²) in [5.41, 5.74) is 1.66. The smallest absolute Gasteiger partial charge is 0.358 e. The number of carbonyl (C=O) groups excluding carboxylic acids is 1. The van der Waals surface area contributed by atoms with E-state index in [1.807, 2.05) is 23.6 Å². The minimum atomic E-state index is -0.526. The van der Waals surface area contributed by atoms with Gasteiger partial charge in [0.25, 0.3) is 0 Å². The normalized spacial score (nSPS) is 10.6. The molecule has 0 aliphatic carbocycles. The summed E-state index contributed by atoms with van der Waals surface area (Å²) in [6.07, 6.45) is 3.25. The van der Waals surface area contributed by atoms with Crippen molar-refractivity contribution < 1.29 is 19.0 Å². The van der Waals surface area contributed by atoms with E-state index in [0.717, 1.165) is 10.6 Å². The third kappa shape index (κ3) is 4.14. The summed E-state index contributed by atoms with van der Waals surface area (Å²) in [5.74, 6) is 1.18. The molecule has 152 valence electrons. The number of ether oxygens (including phenoxy) is 3. The van der Waals surface area contributed by atoms with Crippen LogP contribution in [0, 0.1) is 0 Å². The molecule has 4 rings (SSSR count). The molecule has 0 radical (unpaired) electrons. The molecule has 0 atom stereocenters. The maximum atomic E-state index is 12.3. The number of benzene rings is 1. The fourth-order valence-corrected chi connectivity index (χ4v) is 4.21. The number of hydrogen-bond acceptors (Lipinski definition) is 10. The number of carbonyl (C=O) groups is 1. The molecule has 0 spiro atoms. The lowest BCUT2D eigenvalue weighted by Gasteiger charge is -2.10. The summed E-state index contributed by atoms with van der Waals surface area (Å²) >= 11 is 2.72. The van der Waals surface area contributed by atoms with Crippen LogP contribution in [-0.2, 0) is 11.3 Å². The predicted molar refractivity (Wildman–Crippen MR) is 113 cm³/mol. The van der Waals surface area contributed by atoms with Gasteiger partial charge in [-0.05, 0) is 18.2 Å². The zero-order valence-electron chi connectivity index (χ0n) is 16.1. The van der Waals surface area contributed by atoms with E-state index in [0.29, 0.717) is 28.0 Å². The Balaban J connectivity index is 1.44. The molecule has 3 aromatic heterocycles. The molecule has 0 unspecified atom stereocenters. The number of rotatable bonds is 7. The Labute approximate surface area is 180 Å². The van der Waals surface area contributed by atoms with Crippen LogP contribution in [0.25, 0.3) is 21.4 Å². The molecule has 0 aliphatic heterocycles. The van der Waals surface area contributed by atoms with Gasteiger partial charge < -0.3 is 14.2 Å². The topological polar surface area (TPSA) is 96.3 Å². The van der Waals surface area contributed by atoms with Gasteiger partial charge in [-0.25, -0.2) is 24.7 Å². The van der Waals surface area contributed by atoms with Crippen molar-refractivity contribution in [1.82, 2.24) is 19.9 Å². The van der Waals surface area contributed by atoms with Gasteiger partial charge in [-0.1, -0.05) is 6.07 Å². The molecule has 0 N–H and O–H groups in total. The number of methoxy groups -OCH3 is 2. The molecule has 30 heavy (non-hydrogen) atoms. The Morgan fingerprint density at radius 2 is 1.77 bits per heavy atom. The summed E-state index contributed by atoms with van der Waals surface area (Å²) in [7, 11) is 3.17. The van der Waals surface area contributed by atoms with E-state index in [-0.39, 0.29) is 12.3 Å². The number of nitrogens with zero attached hydrogens (tertiary/aromatic N) is 4. The lowest BCUT2D eigenvalue weighted by atomic mass is 10.2. The standard InChI is InChI=1S/C20H16N4O4S2/c1-26-15-6-3-5-13(16(15)27-2)18-23-12(10-29-18)9-28-20(25)14-11-30-19(24-14)17-21-7-4-8-22-17/h3-8,10-11H,9H2,1-2H3. The fourth-order valence-electron chi connectivity index (χ4n) is 2.65. The van der Waals surface area contributed by atoms with Gasteiger partial charge in [-0.3, -0.25) is 0 Å². The molecular weight excluding hydrogens is 424 g/mol. The van der Waals surface area contributed by atoms with Crippen molar-refractivity contribution >= 4 is 28.6 Å². The second-order valence-corrected chi connectivity index (χ2v) is 7.59. The molecule has 0 amide bonds. The van der Waals surface area contributed by atoms with Gasteiger partial charge in [0.05, 0.1) is 25.5 Å². The van der Waals surface area contributed by atoms with E-state index >= 15 is 0 Å². The van der Waals surface area contributed by atoms with Crippen LogP contribution in [0.2, 0.25) is 0 Å². The van der Waals surface area contributed by atoms with E-state index in [1.54, 1.807) is 38.1 Å². The molecule has 4 aromatic rings. The Bertz CT molecular complexity index is 1160. The van der Waals surface area contributed by atoms with E-state index < -0.39 is 5.97 Å². The Morgan fingerprint density at radius 3 is 2.53 bits per heavy atom. The van der Waals surface area contributed by atoms with E-state index in [2.05, 4.69) is 19.9 Å². The maximum Gasteiger partial charge on any atom is 0.358 e. The van der Waals surface area contributed by atoms with Gasteiger partial charge in [-0.2, -0.15) is 0 Å². The van der Waals surface area contributed by atoms with Gasteiger partial charge in [0.2, 0.25) is 0 Å². The molecule has 0 bridgehead atoms. The van der Waals surface area contributed by atoms with E-state index in [4.69, 9.17) is 14.2 Å². The van der Waals surface area contributed by atoms with Crippen LogP contribution in [0.15, 0.2) is 47.4 Å². The Morgan fingerprint density at radius 1 is 0.967 bits per heavy atom. The number of aromatic nitrogens is 4. The average molecular weight is 441 g/mol. The average Bonchev–Trinajstić information content (AvgIpc) is 3.47. The Kier molecular flexibility index (Phi) is 5.96. The van der Waals surface area contributed by atoms with Gasteiger partial charge in [0.15, 0.2) is 28.0 Å². The number of hydrogen-bond donors (Lipinski definition) is 0. The summed E-state index contributed by atoms with van der Waals surface area (Å²) in [5, 5.41) is 4.77. The highest BCUT2D eigenvalue weighted by atomic mass is 32.1. The molecule has 0 saturated carbocycles. The Hall–Kier alpha value is -3.37. The van der Waals surface area contributed by atoms with Gasteiger partial charge in [0.1, 0.15) is 11.6 Å². The molecule has 8 nitrogen and oxygen atoms in total. The highest BCUT2D eigenvalue weighted by Crippen LogP contribution is 2.39. The molecule has 0 saturated heterocycles. The summed E-state index contributed by atoms with van der Waals surface area (Å²) < 4.78 is 16.2. The molecular formula is C20H16N4O4S2. The molecule has 3 heterocycles. The summed E-state index contributed by atoms with van der Waals surface area (Å²) in [4.78, 5) is 29.4. The van der Waals surface area contributed by atoms with Gasteiger partial charge in [-0.15, -0.1) is 22.7 Å². The third-order valence-electron chi connectivity index (χ3n) is 4.01. The molecule has 0 aliphatic rings. The second-order valence-electron chi connectivity index (χ2n) is 5.87.